The minimum atomic E-state index is -1.03. The smallest absolute Gasteiger partial charge is 0.239 e. The molecule has 0 saturated carbocycles. The minimum Gasteiger partial charge on any atom is -0.338 e. The van der Waals surface area contributed by atoms with E-state index in [2.05, 4.69) is 28.3 Å². The molecular weight excluding hydrogens is 296 g/mol. The predicted molar refractivity (Wildman–Crippen MR) is 87.0 cm³/mol. The molecule has 0 aliphatic heterocycles. The summed E-state index contributed by atoms with van der Waals surface area (Å²) in [5, 5.41) is 4.09. The van der Waals surface area contributed by atoms with Crippen LogP contribution in [0.1, 0.15) is 61.7 Å². The predicted octanol–water partition coefficient (Wildman–Crippen LogP) is 3.69. The van der Waals surface area contributed by atoms with Crippen LogP contribution < -0.4 is 0 Å². The highest BCUT2D eigenvalue weighted by atomic mass is 32.2. The lowest BCUT2D eigenvalue weighted by Gasteiger charge is -2.24. The molecule has 0 spiro atoms. The zero-order valence-corrected chi connectivity index (χ0v) is 14.2. The van der Waals surface area contributed by atoms with E-state index in [-0.39, 0.29) is 10.7 Å². The van der Waals surface area contributed by atoms with Gasteiger partial charge in [-0.05, 0) is 30.4 Å². The maximum Gasteiger partial charge on any atom is 0.239 e. The molecule has 1 aliphatic carbocycles. The van der Waals surface area contributed by atoms with Gasteiger partial charge < -0.3 is 4.52 Å². The van der Waals surface area contributed by atoms with Gasteiger partial charge in [0, 0.05) is 16.2 Å². The van der Waals surface area contributed by atoms with Gasteiger partial charge in [-0.25, -0.2) is 0 Å². The Kier molecular flexibility index (Phi) is 4.17. The molecule has 1 aromatic heterocycles. The third kappa shape index (κ3) is 3.14. The number of aromatic nitrogens is 2. The number of hydrogen-bond acceptors (Lipinski definition) is 4. The van der Waals surface area contributed by atoms with Crippen LogP contribution in [0, 0.1) is 0 Å². The molecule has 0 saturated heterocycles. The van der Waals surface area contributed by atoms with Crippen molar-refractivity contribution in [3.8, 4) is 0 Å². The molecule has 5 heteroatoms. The van der Waals surface area contributed by atoms with Gasteiger partial charge >= 0.3 is 0 Å². The van der Waals surface area contributed by atoms with Crippen molar-refractivity contribution in [3.63, 3.8) is 0 Å². The Labute approximate surface area is 133 Å². The van der Waals surface area contributed by atoms with Crippen molar-refractivity contribution in [1.29, 1.82) is 0 Å². The lowest BCUT2D eigenvalue weighted by molar-refractivity contribution is 0.372. The number of hydrogen-bond donors (Lipinski definition) is 0. The maximum absolute atomic E-state index is 12.8. The second kappa shape index (κ2) is 5.95. The summed E-state index contributed by atoms with van der Waals surface area (Å²) >= 11 is 0. The van der Waals surface area contributed by atoms with Crippen LogP contribution in [0.2, 0.25) is 0 Å². The largest absolute Gasteiger partial charge is 0.338 e. The lowest BCUT2D eigenvalue weighted by Crippen LogP contribution is -2.16. The van der Waals surface area contributed by atoms with Crippen molar-refractivity contribution >= 4 is 10.8 Å². The van der Waals surface area contributed by atoms with Crippen LogP contribution in [-0.2, 0) is 28.4 Å². The molecule has 0 fully saturated rings. The first-order valence-corrected chi connectivity index (χ1v) is 9.11. The van der Waals surface area contributed by atoms with Crippen LogP contribution in [0.4, 0.5) is 0 Å². The fourth-order valence-corrected chi connectivity index (χ4v) is 4.33. The molecule has 1 aliphatic rings. The molecule has 1 aromatic carbocycles. The van der Waals surface area contributed by atoms with Crippen molar-refractivity contribution < 1.29 is 8.73 Å². The van der Waals surface area contributed by atoms with Crippen LogP contribution in [0.3, 0.4) is 0 Å². The highest BCUT2D eigenvalue weighted by molar-refractivity contribution is 7.84. The molecule has 0 N–H and O–H groups in total. The van der Waals surface area contributed by atoms with E-state index >= 15 is 0 Å². The summed E-state index contributed by atoms with van der Waals surface area (Å²) in [5.74, 6) is 1.48. The maximum atomic E-state index is 12.8. The molecule has 1 heterocycles. The summed E-state index contributed by atoms with van der Waals surface area (Å²) in [4.78, 5) is 4.40. The molecular formula is C17H22N2O2S. The van der Waals surface area contributed by atoms with E-state index in [4.69, 9.17) is 4.52 Å². The van der Waals surface area contributed by atoms with Gasteiger partial charge in [0.25, 0.3) is 0 Å². The van der Waals surface area contributed by atoms with Crippen molar-refractivity contribution in [2.45, 2.75) is 56.5 Å². The summed E-state index contributed by atoms with van der Waals surface area (Å²) < 4.78 is 18.1. The molecule has 2 atom stereocenters. The molecule has 118 valence electrons. The van der Waals surface area contributed by atoms with E-state index in [1.54, 1.807) is 0 Å². The monoisotopic (exact) mass is 318 g/mol. The summed E-state index contributed by atoms with van der Waals surface area (Å²) in [6, 6.07) is 8.32. The van der Waals surface area contributed by atoms with Gasteiger partial charge in [-0.15, -0.1) is 0 Å². The van der Waals surface area contributed by atoms with Gasteiger partial charge in [0.05, 0.1) is 5.25 Å². The molecule has 22 heavy (non-hydrogen) atoms. The van der Waals surface area contributed by atoms with E-state index in [1.807, 2.05) is 26.8 Å². The second-order valence-corrected chi connectivity index (χ2v) is 8.49. The fourth-order valence-electron chi connectivity index (χ4n) is 2.82. The fraction of sp³-hybridized carbons (Fsp3) is 0.529. The Morgan fingerprint density at radius 2 is 2.09 bits per heavy atom. The first kappa shape index (κ1) is 15.4. The van der Waals surface area contributed by atoms with Crippen LogP contribution in [0.15, 0.2) is 28.8 Å². The average Bonchev–Trinajstić information content (AvgIpc) is 2.95. The van der Waals surface area contributed by atoms with Crippen LogP contribution in [-0.4, -0.2) is 14.3 Å². The van der Waals surface area contributed by atoms with E-state index in [0.717, 1.165) is 19.3 Å². The van der Waals surface area contributed by atoms with Crippen LogP contribution >= 0.6 is 0 Å². The third-order valence-electron chi connectivity index (χ3n) is 4.04. The Hall–Kier alpha value is -1.49. The summed E-state index contributed by atoms with van der Waals surface area (Å²) in [5.41, 5.74) is 2.40. The molecule has 0 radical (unpaired) electrons. The Morgan fingerprint density at radius 3 is 2.82 bits per heavy atom. The van der Waals surface area contributed by atoms with Crippen LogP contribution in [0.25, 0.3) is 0 Å². The summed E-state index contributed by atoms with van der Waals surface area (Å²) in [6.45, 7) is 6.11. The van der Waals surface area contributed by atoms with E-state index in [0.29, 0.717) is 17.5 Å². The number of benzene rings is 1. The van der Waals surface area contributed by atoms with Gasteiger partial charge in [-0.1, -0.05) is 50.2 Å². The minimum absolute atomic E-state index is 0.0786. The zero-order chi connectivity index (χ0) is 15.7. The summed E-state index contributed by atoms with van der Waals surface area (Å²) in [7, 11) is -1.03. The number of aryl methyl sites for hydroxylation is 1. The van der Waals surface area contributed by atoms with E-state index < -0.39 is 10.8 Å². The van der Waals surface area contributed by atoms with Crippen molar-refractivity contribution in [2.75, 3.05) is 0 Å². The number of nitrogens with zero attached hydrogens (tertiary/aromatic N) is 2. The molecule has 4 nitrogen and oxygen atoms in total. The van der Waals surface area contributed by atoms with Crippen molar-refractivity contribution in [2.24, 2.45) is 0 Å². The van der Waals surface area contributed by atoms with Crippen molar-refractivity contribution in [1.82, 2.24) is 10.1 Å². The molecule has 2 unspecified atom stereocenters. The quantitative estimate of drug-likeness (QED) is 0.866. The standard InChI is InChI=1S/C17H22N2O2S/c1-17(2,3)16-18-15(21-19-16)11-22(20)14-10-6-8-12-7-4-5-9-13(12)14/h4-5,7,9,14H,6,8,10-11H2,1-3H3. The average molecular weight is 318 g/mol. The lowest BCUT2D eigenvalue weighted by atomic mass is 9.91. The second-order valence-electron chi connectivity index (χ2n) is 6.87. The van der Waals surface area contributed by atoms with Crippen molar-refractivity contribution in [3.05, 3.63) is 47.1 Å². The highest BCUT2D eigenvalue weighted by Gasteiger charge is 2.27. The molecule has 0 amide bonds. The Bertz CT molecular complexity index is 688. The van der Waals surface area contributed by atoms with Gasteiger partial charge in [-0.2, -0.15) is 4.98 Å². The molecule has 0 bridgehead atoms. The Balaban J connectivity index is 1.77. The summed E-state index contributed by atoms with van der Waals surface area (Å²) in [6.07, 6.45) is 3.13. The zero-order valence-electron chi connectivity index (χ0n) is 13.3. The molecule has 2 aromatic rings. The highest BCUT2D eigenvalue weighted by Crippen LogP contribution is 2.35. The topological polar surface area (TPSA) is 56.0 Å². The molecule has 3 rings (SSSR count). The van der Waals surface area contributed by atoms with Gasteiger partial charge in [0.1, 0.15) is 5.75 Å². The first-order valence-electron chi connectivity index (χ1n) is 7.73. The SMILES string of the molecule is CC(C)(C)c1noc(CS(=O)C2CCCc3ccccc32)n1. The number of rotatable bonds is 3. The Morgan fingerprint density at radius 1 is 1.32 bits per heavy atom. The number of fused-ring (bicyclic) bond motifs is 1. The van der Waals surface area contributed by atoms with Crippen LogP contribution in [0.5, 0.6) is 0 Å². The van der Waals surface area contributed by atoms with Gasteiger partial charge in [0.15, 0.2) is 5.82 Å². The first-order chi connectivity index (χ1) is 10.4. The third-order valence-corrected chi connectivity index (χ3v) is 5.69. The van der Waals surface area contributed by atoms with Gasteiger partial charge in [-0.3, -0.25) is 4.21 Å². The van der Waals surface area contributed by atoms with E-state index in [9.17, 15) is 4.21 Å². The van der Waals surface area contributed by atoms with E-state index in [1.165, 1.54) is 11.1 Å². The normalized spacial score (nSPS) is 19.7. The van der Waals surface area contributed by atoms with Gasteiger partial charge in [0.2, 0.25) is 5.89 Å².